The molecule has 9 nitrogen and oxygen atoms in total. The Balaban J connectivity index is 1.94. The molecule has 0 saturated carbocycles. The number of carbonyl (C=O) groups is 3. The topological polar surface area (TPSA) is 116 Å². The standard InChI is InChI=1S/C21H18INO8S2/c1-3-30-16-10-13(11-17-20(25)23(21(26)32-17)12-18(24)29-2)9-15(22)19(16)31-33(27,28)14-7-5-4-6-8-14/h4-11H,3,12H2,1-2H3/b17-11-. The average molecular weight is 603 g/mol. The number of rotatable bonds is 8. The molecule has 12 heteroatoms. The number of amides is 2. The second-order valence-electron chi connectivity index (χ2n) is 6.46. The molecule has 1 aliphatic heterocycles. The van der Waals surface area contributed by atoms with Gasteiger partial charge in [0.2, 0.25) is 0 Å². The van der Waals surface area contributed by atoms with Crippen LogP contribution in [-0.4, -0.2) is 50.7 Å². The van der Waals surface area contributed by atoms with Gasteiger partial charge in [0.05, 0.1) is 22.2 Å². The number of halogens is 1. The van der Waals surface area contributed by atoms with Gasteiger partial charge in [0, 0.05) is 0 Å². The van der Waals surface area contributed by atoms with E-state index < -0.39 is 33.8 Å². The third-order valence-corrected chi connectivity index (χ3v) is 7.19. The molecule has 0 aliphatic carbocycles. The molecule has 1 fully saturated rings. The molecule has 0 bridgehead atoms. The Labute approximate surface area is 208 Å². The van der Waals surface area contributed by atoms with E-state index in [1.807, 2.05) is 22.6 Å². The van der Waals surface area contributed by atoms with E-state index in [1.54, 1.807) is 31.2 Å². The maximum absolute atomic E-state index is 12.7. The molecule has 2 aromatic rings. The smallest absolute Gasteiger partial charge is 0.339 e. The summed E-state index contributed by atoms with van der Waals surface area (Å²) in [7, 11) is -2.94. The fourth-order valence-corrected chi connectivity index (χ4v) is 5.44. The van der Waals surface area contributed by atoms with Gasteiger partial charge in [-0.15, -0.1) is 0 Å². The summed E-state index contributed by atoms with van der Waals surface area (Å²) >= 11 is 2.59. The first-order valence-electron chi connectivity index (χ1n) is 9.44. The van der Waals surface area contributed by atoms with Gasteiger partial charge in [-0.3, -0.25) is 19.3 Å². The van der Waals surface area contributed by atoms with Crippen LogP contribution in [0.4, 0.5) is 4.79 Å². The van der Waals surface area contributed by atoms with Crippen LogP contribution in [0.15, 0.2) is 52.3 Å². The van der Waals surface area contributed by atoms with Crippen molar-refractivity contribution in [3.05, 3.63) is 56.5 Å². The lowest BCUT2D eigenvalue weighted by molar-refractivity contribution is -0.143. The van der Waals surface area contributed by atoms with Gasteiger partial charge in [-0.2, -0.15) is 8.42 Å². The van der Waals surface area contributed by atoms with Crippen LogP contribution >= 0.6 is 34.4 Å². The Kier molecular flexibility index (Phi) is 8.02. The summed E-state index contributed by atoms with van der Waals surface area (Å²) < 4.78 is 41.2. The molecule has 0 spiro atoms. The van der Waals surface area contributed by atoms with Crippen molar-refractivity contribution in [2.45, 2.75) is 11.8 Å². The number of nitrogens with zero attached hydrogens (tertiary/aromatic N) is 1. The van der Waals surface area contributed by atoms with E-state index in [4.69, 9.17) is 8.92 Å². The molecule has 0 radical (unpaired) electrons. The zero-order valence-corrected chi connectivity index (χ0v) is 21.2. The summed E-state index contributed by atoms with van der Waals surface area (Å²) in [6.45, 7) is 1.48. The molecule has 174 valence electrons. The summed E-state index contributed by atoms with van der Waals surface area (Å²) in [6, 6.07) is 10.8. The summed E-state index contributed by atoms with van der Waals surface area (Å²) in [6.07, 6.45) is 1.46. The van der Waals surface area contributed by atoms with Crippen molar-refractivity contribution in [1.29, 1.82) is 0 Å². The van der Waals surface area contributed by atoms with Gasteiger partial charge < -0.3 is 13.7 Å². The molecule has 0 atom stereocenters. The van der Waals surface area contributed by atoms with Crippen LogP contribution in [0.25, 0.3) is 6.08 Å². The van der Waals surface area contributed by atoms with E-state index in [2.05, 4.69) is 4.74 Å². The van der Waals surface area contributed by atoms with E-state index in [0.29, 0.717) is 20.9 Å². The second kappa shape index (κ2) is 10.6. The second-order valence-corrected chi connectivity index (χ2v) is 10.2. The van der Waals surface area contributed by atoms with E-state index in [9.17, 15) is 22.8 Å². The van der Waals surface area contributed by atoms with Crippen molar-refractivity contribution in [2.24, 2.45) is 0 Å². The third kappa shape index (κ3) is 5.86. The van der Waals surface area contributed by atoms with Crippen LogP contribution in [0, 0.1) is 3.57 Å². The highest BCUT2D eigenvalue weighted by molar-refractivity contribution is 14.1. The van der Waals surface area contributed by atoms with Crippen LogP contribution in [0.1, 0.15) is 12.5 Å². The summed E-state index contributed by atoms with van der Waals surface area (Å²) in [5, 5.41) is -0.592. The van der Waals surface area contributed by atoms with Crippen molar-refractivity contribution in [3.8, 4) is 11.5 Å². The molecule has 33 heavy (non-hydrogen) atoms. The molecule has 2 amide bonds. The Morgan fingerprint density at radius 3 is 2.52 bits per heavy atom. The van der Waals surface area contributed by atoms with Gasteiger partial charge in [-0.25, -0.2) is 0 Å². The van der Waals surface area contributed by atoms with Crippen LogP contribution in [0.3, 0.4) is 0 Å². The molecule has 0 unspecified atom stereocenters. The van der Waals surface area contributed by atoms with Crippen molar-refractivity contribution in [3.63, 3.8) is 0 Å². The predicted octanol–water partition coefficient (Wildman–Crippen LogP) is 3.67. The molecule has 1 aliphatic rings. The fourth-order valence-electron chi connectivity index (χ4n) is 2.74. The lowest BCUT2D eigenvalue weighted by atomic mass is 10.2. The number of imide groups is 1. The molecule has 1 saturated heterocycles. The van der Waals surface area contributed by atoms with E-state index in [-0.39, 0.29) is 27.9 Å². The van der Waals surface area contributed by atoms with Gasteiger partial charge in [-0.1, -0.05) is 18.2 Å². The van der Waals surface area contributed by atoms with Crippen LogP contribution < -0.4 is 8.92 Å². The van der Waals surface area contributed by atoms with Crippen molar-refractivity contribution in [2.75, 3.05) is 20.3 Å². The summed E-state index contributed by atoms with van der Waals surface area (Å²) in [4.78, 5) is 37.0. The molecule has 2 aromatic carbocycles. The molecule has 1 heterocycles. The minimum atomic E-state index is -4.10. The van der Waals surface area contributed by atoms with Crippen molar-refractivity contribution < 1.29 is 36.5 Å². The predicted molar refractivity (Wildman–Crippen MR) is 129 cm³/mol. The zero-order chi connectivity index (χ0) is 24.2. The van der Waals surface area contributed by atoms with Gasteiger partial charge in [-0.05, 0) is 77.2 Å². The molecular formula is C21H18INO8S2. The third-order valence-electron chi connectivity index (χ3n) is 4.24. The quantitative estimate of drug-likeness (QED) is 0.193. The number of ether oxygens (including phenoxy) is 2. The number of thioether (sulfide) groups is 1. The van der Waals surface area contributed by atoms with Crippen LogP contribution in [-0.2, 0) is 24.4 Å². The van der Waals surface area contributed by atoms with E-state index >= 15 is 0 Å². The molecule has 3 rings (SSSR count). The fraction of sp³-hybridized carbons (Fsp3) is 0.190. The first kappa shape index (κ1) is 25.1. The minimum absolute atomic E-state index is 0.00777. The number of hydrogen-bond acceptors (Lipinski definition) is 9. The number of esters is 1. The monoisotopic (exact) mass is 603 g/mol. The minimum Gasteiger partial charge on any atom is -0.490 e. The van der Waals surface area contributed by atoms with Gasteiger partial charge >= 0.3 is 16.1 Å². The number of carbonyl (C=O) groups excluding carboxylic acids is 3. The summed E-state index contributed by atoms with van der Waals surface area (Å²) in [5.74, 6) is -1.18. The van der Waals surface area contributed by atoms with Crippen molar-refractivity contribution >= 4 is 67.7 Å². The average Bonchev–Trinajstić information content (AvgIpc) is 3.04. The maximum Gasteiger partial charge on any atom is 0.339 e. The highest BCUT2D eigenvalue weighted by atomic mass is 127. The number of hydrogen-bond donors (Lipinski definition) is 0. The first-order chi connectivity index (χ1) is 15.7. The number of methoxy groups -OCH3 is 1. The van der Waals surface area contributed by atoms with Crippen LogP contribution in [0.5, 0.6) is 11.5 Å². The normalized spacial score (nSPS) is 15.1. The Morgan fingerprint density at radius 2 is 1.88 bits per heavy atom. The molecular weight excluding hydrogens is 585 g/mol. The van der Waals surface area contributed by atoms with E-state index in [0.717, 1.165) is 12.0 Å². The lowest BCUT2D eigenvalue weighted by Crippen LogP contribution is -2.34. The molecule has 0 N–H and O–H groups in total. The lowest BCUT2D eigenvalue weighted by Gasteiger charge is -2.14. The van der Waals surface area contributed by atoms with Gasteiger partial charge in [0.25, 0.3) is 11.1 Å². The molecule has 0 aromatic heterocycles. The Hall–Kier alpha value is -2.58. The number of benzene rings is 2. The van der Waals surface area contributed by atoms with E-state index in [1.165, 1.54) is 24.3 Å². The zero-order valence-electron chi connectivity index (χ0n) is 17.4. The van der Waals surface area contributed by atoms with Crippen molar-refractivity contribution in [1.82, 2.24) is 4.90 Å². The van der Waals surface area contributed by atoms with Crippen LogP contribution in [0.2, 0.25) is 0 Å². The van der Waals surface area contributed by atoms with Gasteiger partial charge in [0.1, 0.15) is 11.4 Å². The highest BCUT2D eigenvalue weighted by Gasteiger charge is 2.36. The maximum atomic E-state index is 12.7. The highest BCUT2D eigenvalue weighted by Crippen LogP contribution is 2.38. The SMILES string of the molecule is CCOc1cc(/C=C2\SC(=O)N(CC(=O)OC)C2=O)cc(I)c1OS(=O)(=O)c1ccccc1. The summed E-state index contributed by atoms with van der Waals surface area (Å²) in [5.41, 5.74) is 0.482. The largest absolute Gasteiger partial charge is 0.490 e. The Morgan fingerprint density at radius 1 is 1.18 bits per heavy atom. The van der Waals surface area contributed by atoms with Gasteiger partial charge in [0.15, 0.2) is 11.5 Å². The first-order valence-corrected chi connectivity index (χ1v) is 12.7. The Bertz CT molecular complexity index is 1230.